The zero-order valence-corrected chi connectivity index (χ0v) is 16.6. The minimum Gasteiger partial charge on any atom is -0.376 e. The van der Waals surface area contributed by atoms with E-state index < -0.39 is 0 Å². The third-order valence-corrected chi connectivity index (χ3v) is 6.18. The maximum atomic E-state index is 13.4. The van der Waals surface area contributed by atoms with Crippen LogP contribution in [0.4, 0.5) is 0 Å². The van der Waals surface area contributed by atoms with Gasteiger partial charge in [-0.2, -0.15) is 0 Å². The first kappa shape index (κ1) is 19.4. The Morgan fingerprint density at radius 2 is 1.89 bits per heavy atom. The van der Waals surface area contributed by atoms with Gasteiger partial charge < -0.3 is 15.0 Å². The van der Waals surface area contributed by atoms with E-state index >= 15 is 0 Å². The van der Waals surface area contributed by atoms with Crippen molar-refractivity contribution in [2.24, 2.45) is 0 Å². The molecular formula is C22H31N3O3. The Hall–Kier alpha value is -1.92. The first-order valence-electron chi connectivity index (χ1n) is 10.7. The summed E-state index contributed by atoms with van der Waals surface area (Å²) in [5.74, 6) is 0.130. The molecule has 1 N–H and O–H groups in total. The summed E-state index contributed by atoms with van der Waals surface area (Å²) in [6, 6.07) is 7.84. The summed E-state index contributed by atoms with van der Waals surface area (Å²) >= 11 is 0. The van der Waals surface area contributed by atoms with Crippen molar-refractivity contribution in [3.05, 3.63) is 35.4 Å². The fourth-order valence-corrected chi connectivity index (χ4v) is 4.64. The van der Waals surface area contributed by atoms with Gasteiger partial charge in [0, 0.05) is 32.8 Å². The van der Waals surface area contributed by atoms with Gasteiger partial charge in [0.1, 0.15) is 6.04 Å². The molecule has 152 valence electrons. The first-order valence-corrected chi connectivity index (χ1v) is 10.7. The third kappa shape index (κ3) is 4.39. The zero-order valence-electron chi connectivity index (χ0n) is 16.6. The summed E-state index contributed by atoms with van der Waals surface area (Å²) in [6.45, 7) is 4.00. The molecule has 6 nitrogen and oxygen atoms in total. The van der Waals surface area contributed by atoms with Crippen LogP contribution in [0.1, 0.15) is 49.3 Å². The maximum absolute atomic E-state index is 13.4. The van der Waals surface area contributed by atoms with Crippen LogP contribution in [-0.2, 0) is 20.7 Å². The number of ether oxygens (including phenoxy) is 1. The van der Waals surface area contributed by atoms with E-state index in [4.69, 9.17) is 4.74 Å². The van der Waals surface area contributed by atoms with Gasteiger partial charge in [0.15, 0.2) is 0 Å². The summed E-state index contributed by atoms with van der Waals surface area (Å²) in [5, 5.41) is 3.00. The lowest BCUT2D eigenvalue weighted by Crippen LogP contribution is -2.50. The Kier molecular flexibility index (Phi) is 6.27. The van der Waals surface area contributed by atoms with E-state index in [1.807, 2.05) is 17.0 Å². The molecule has 0 saturated carbocycles. The average molecular weight is 386 g/mol. The number of piperidine rings is 1. The van der Waals surface area contributed by atoms with Crippen molar-refractivity contribution in [2.45, 2.75) is 50.7 Å². The molecule has 0 unspecified atom stereocenters. The van der Waals surface area contributed by atoms with Gasteiger partial charge in [0.25, 0.3) is 0 Å². The van der Waals surface area contributed by atoms with Gasteiger partial charge in [-0.15, -0.1) is 0 Å². The fourth-order valence-electron chi connectivity index (χ4n) is 4.64. The summed E-state index contributed by atoms with van der Waals surface area (Å²) < 4.78 is 5.59. The van der Waals surface area contributed by atoms with Gasteiger partial charge in [0.05, 0.1) is 12.6 Å². The molecule has 4 rings (SSSR count). The largest absolute Gasteiger partial charge is 0.376 e. The van der Waals surface area contributed by atoms with Crippen molar-refractivity contribution in [1.29, 1.82) is 0 Å². The van der Waals surface area contributed by atoms with E-state index in [0.717, 1.165) is 63.9 Å². The van der Waals surface area contributed by atoms with Crippen molar-refractivity contribution in [3.8, 4) is 0 Å². The number of benzene rings is 1. The van der Waals surface area contributed by atoms with Crippen LogP contribution in [0.3, 0.4) is 0 Å². The average Bonchev–Trinajstić information content (AvgIpc) is 3.26. The highest BCUT2D eigenvalue weighted by Crippen LogP contribution is 2.32. The standard InChI is InChI=1S/C22H31N3O3/c26-20(23-15-18-8-6-14-28-18)16-25-13-10-17-7-2-3-9-19(17)21(25)22(27)24-11-4-1-5-12-24/h2-3,7,9,18,21H,1,4-6,8,10-16H2,(H,23,26)/t18-,21+/m1/s1. The van der Waals surface area contributed by atoms with Crippen LogP contribution >= 0.6 is 0 Å². The summed E-state index contributed by atoms with van der Waals surface area (Å²) in [4.78, 5) is 30.1. The molecule has 3 aliphatic rings. The molecule has 0 aromatic heterocycles. The lowest BCUT2D eigenvalue weighted by molar-refractivity contribution is -0.139. The molecule has 0 aliphatic carbocycles. The fraction of sp³-hybridized carbons (Fsp3) is 0.636. The lowest BCUT2D eigenvalue weighted by Gasteiger charge is -2.39. The Bertz CT molecular complexity index is 696. The van der Waals surface area contributed by atoms with Gasteiger partial charge in [-0.05, 0) is 49.7 Å². The number of carbonyl (C=O) groups excluding carboxylic acids is 2. The van der Waals surface area contributed by atoms with Crippen LogP contribution in [-0.4, -0.2) is 67.0 Å². The molecule has 2 atom stereocenters. The van der Waals surface area contributed by atoms with Crippen LogP contribution in [0.5, 0.6) is 0 Å². The van der Waals surface area contributed by atoms with E-state index in [-0.39, 0.29) is 30.5 Å². The smallest absolute Gasteiger partial charge is 0.244 e. The number of hydrogen-bond donors (Lipinski definition) is 1. The molecule has 1 aromatic carbocycles. The van der Waals surface area contributed by atoms with E-state index in [1.165, 1.54) is 12.0 Å². The quantitative estimate of drug-likeness (QED) is 0.841. The highest BCUT2D eigenvalue weighted by molar-refractivity contribution is 5.85. The van der Waals surface area contributed by atoms with Crippen molar-refractivity contribution in [3.63, 3.8) is 0 Å². The summed E-state index contributed by atoms with van der Waals surface area (Å²) in [6.07, 6.45) is 6.42. The Morgan fingerprint density at radius 1 is 1.07 bits per heavy atom. The van der Waals surface area contributed by atoms with Crippen LogP contribution in [0.15, 0.2) is 24.3 Å². The van der Waals surface area contributed by atoms with Crippen molar-refractivity contribution >= 4 is 11.8 Å². The molecule has 3 aliphatic heterocycles. The molecule has 3 heterocycles. The van der Waals surface area contributed by atoms with Gasteiger partial charge in [0.2, 0.25) is 11.8 Å². The molecule has 2 amide bonds. The Labute approximate surface area is 167 Å². The molecule has 0 spiro atoms. The number of amides is 2. The number of nitrogens with zero attached hydrogens (tertiary/aromatic N) is 2. The zero-order chi connectivity index (χ0) is 19.3. The van der Waals surface area contributed by atoms with Crippen LogP contribution in [0.2, 0.25) is 0 Å². The van der Waals surface area contributed by atoms with Crippen molar-refractivity contribution < 1.29 is 14.3 Å². The second-order valence-electron chi connectivity index (χ2n) is 8.15. The van der Waals surface area contributed by atoms with Crippen LogP contribution < -0.4 is 5.32 Å². The molecule has 2 fully saturated rings. The topological polar surface area (TPSA) is 61.9 Å². The number of fused-ring (bicyclic) bond motifs is 1. The van der Waals surface area contributed by atoms with E-state index in [1.54, 1.807) is 0 Å². The Balaban J connectivity index is 1.46. The Morgan fingerprint density at radius 3 is 2.68 bits per heavy atom. The molecule has 2 saturated heterocycles. The second-order valence-corrected chi connectivity index (χ2v) is 8.15. The highest BCUT2D eigenvalue weighted by atomic mass is 16.5. The van der Waals surface area contributed by atoms with Crippen molar-refractivity contribution in [2.75, 3.05) is 39.3 Å². The molecule has 1 aromatic rings. The monoisotopic (exact) mass is 385 g/mol. The SMILES string of the molecule is O=C(CN1CCc2ccccc2[C@H]1C(=O)N1CCCCC1)NC[C@H]1CCCO1. The van der Waals surface area contributed by atoms with Gasteiger partial charge in [-0.1, -0.05) is 24.3 Å². The van der Waals surface area contributed by atoms with E-state index in [9.17, 15) is 9.59 Å². The molecule has 6 heteroatoms. The van der Waals surface area contributed by atoms with E-state index in [0.29, 0.717) is 6.54 Å². The molecule has 0 bridgehead atoms. The normalized spacial score (nSPS) is 25.4. The highest BCUT2D eigenvalue weighted by Gasteiger charge is 2.36. The first-order chi connectivity index (χ1) is 13.7. The number of carbonyl (C=O) groups is 2. The molecular weight excluding hydrogens is 354 g/mol. The number of rotatable bonds is 5. The second kappa shape index (κ2) is 9.05. The summed E-state index contributed by atoms with van der Waals surface area (Å²) in [5.41, 5.74) is 2.30. The van der Waals surface area contributed by atoms with Gasteiger partial charge >= 0.3 is 0 Å². The number of likely N-dealkylation sites (tertiary alicyclic amines) is 1. The van der Waals surface area contributed by atoms with E-state index in [2.05, 4.69) is 22.3 Å². The summed E-state index contributed by atoms with van der Waals surface area (Å²) in [7, 11) is 0. The van der Waals surface area contributed by atoms with Crippen LogP contribution in [0, 0.1) is 0 Å². The van der Waals surface area contributed by atoms with Crippen LogP contribution in [0.25, 0.3) is 0 Å². The number of nitrogens with one attached hydrogen (secondary N) is 1. The predicted octanol–water partition coefficient (Wildman–Crippen LogP) is 1.89. The van der Waals surface area contributed by atoms with Gasteiger partial charge in [-0.25, -0.2) is 0 Å². The molecule has 28 heavy (non-hydrogen) atoms. The van der Waals surface area contributed by atoms with Crippen molar-refractivity contribution in [1.82, 2.24) is 15.1 Å². The number of hydrogen-bond acceptors (Lipinski definition) is 4. The third-order valence-electron chi connectivity index (χ3n) is 6.18. The molecule has 0 radical (unpaired) electrons. The van der Waals surface area contributed by atoms with Gasteiger partial charge in [-0.3, -0.25) is 14.5 Å². The maximum Gasteiger partial charge on any atom is 0.244 e. The minimum atomic E-state index is -0.350. The minimum absolute atomic E-state index is 0.0219. The predicted molar refractivity (Wildman–Crippen MR) is 107 cm³/mol. The lowest BCUT2D eigenvalue weighted by atomic mass is 9.91.